The minimum atomic E-state index is -0.194. The number of carbonyl (C=O) groups excluding carboxylic acids is 1. The van der Waals surface area contributed by atoms with E-state index >= 15 is 0 Å². The summed E-state index contributed by atoms with van der Waals surface area (Å²) in [4.78, 5) is 12.5. The van der Waals surface area contributed by atoms with Gasteiger partial charge in [-0.05, 0) is 65.4 Å². The number of carbonyl (C=O) groups is 1. The molecule has 0 saturated carbocycles. The zero-order valence-corrected chi connectivity index (χ0v) is 18.0. The summed E-state index contributed by atoms with van der Waals surface area (Å²) >= 11 is 6.19. The molecule has 0 aliphatic heterocycles. The maximum atomic E-state index is 12.5. The van der Waals surface area contributed by atoms with Crippen LogP contribution in [-0.4, -0.2) is 5.91 Å². The minimum Gasteiger partial charge on any atom is -0.489 e. The van der Waals surface area contributed by atoms with Crippen molar-refractivity contribution < 1.29 is 9.53 Å². The van der Waals surface area contributed by atoms with Gasteiger partial charge in [-0.25, -0.2) is 0 Å². The van der Waals surface area contributed by atoms with E-state index in [4.69, 9.17) is 16.3 Å². The zero-order chi connectivity index (χ0) is 21.0. The van der Waals surface area contributed by atoms with Crippen molar-refractivity contribution >= 4 is 23.2 Å². The van der Waals surface area contributed by atoms with Gasteiger partial charge in [0.1, 0.15) is 12.4 Å². The highest BCUT2D eigenvalue weighted by Crippen LogP contribution is 2.25. The number of halogens is 1. The van der Waals surface area contributed by atoms with Crippen LogP contribution in [0.2, 0.25) is 5.02 Å². The fourth-order valence-electron chi connectivity index (χ4n) is 2.89. The quantitative estimate of drug-likeness (QED) is 0.506. The summed E-state index contributed by atoms with van der Waals surface area (Å²) in [6.45, 7) is 8.96. The average Bonchev–Trinajstić information content (AvgIpc) is 2.68. The highest BCUT2D eigenvalue weighted by molar-refractivity contribution is 6.34. The highest BCUT2D eigenvalue weighted by Gasteiger charge is 2.13. The summed E-state index contributed by atoms with van der Waals surface area (Å²) in [6, 6.07) is 21.1. The van der Waals surface area contributed by atoms with Gasteiger partial charge in [0.2, 0.25) is 0 Å². The molecule has 0 aromatic heterocycles. The van der Waals surface area contributed by atoms with Crippen LogP contribution in [0.15, 0.2) is 66.7 Å². The number of anilines is 1. The van der Waals surface area contributed by atoms with Gasteiger partial charge in [0.25, 0.3) is 5.91 Å². The molecule has 0 aliphatic rings. The molecule has 0 heterocycles. The molecule has 0 spiro atoms. The van der Waals surface area contributed by atoms with Crippen molar-refractivity contribution in [1.29, 1.82) is 0 Å². The molecular weight excluding hydrogens is 382 g/mol. The molecule has 3 nitrogen and oxygen atoms in total. The first-order valence-corrected chi connectivity index (χ1v) is 10.00. The predicted molar refractivity (Wildman–Crippen MR) is 120 cm³/mol. The van der Waals surface area contributed by atoms with Crippen LogP contribution in [0.5, 0.6) is 5.75 Å². The van der Waals surface area contributed by atoms with E-state index in [9.17, 15) is 4.79 Å². The Morgan fingerprint density at radius 2 is 1.62 bits per heavy atom. The van der Waals surface area contributed by atoms with Crippen LogP contribution in [0.3, 0.4) is 0 Å². The highest BCUT2D eigenvalue weighted by atomic mass is 35.5. The van der Waals surface area contributed by atoms with Gasteiger partial charge < -0.3 is 10.1 Å². The lowest BCUT2D eigenvalue weighted by Gasteiger charge is -2.19. The molecule has 0 saturated heterocycles. The summed E-state index contributed by atoms with van der Waals surface area (Å²) in [7, 11) is 0. The first kappa shape index (κ1) is 20.9. The van der Waals surface area contributed by atoms with E-state index in [2.05, 4.69) is 38.2 Å². The lowest BCUT2D eigenvalue weighted by molar-refractivity contribution is 0.102. The summed E-state index contributed by atoms with van der Waals surface area (Å²) < 4.78 is 5.86. The number of aryl methyl sites for hydroxylation is 1. The molecule has 150 valence electrons. The minimum absolute atomic E-state index is 0.123. The Kier molecular flexibility index (Phi) is 6.29. The van der Waals surface area contributed by atoms with Gasteiger partial charge in [0.15, 0.2) is 0 Å². The Hall–Kier alpha value is -2.78. The second kappa shape index (κ2) is 8.71. The Balaban J connectivity index is 1.59. The molecule has 29 heavy (non-hydrogen) atoms. The van der Waals surface area contributed by atoms with Crippen LogP contribution in [-0.2, 0) is 12.0 Å². The Morgan fingerprint density at radius 1 is 0.966 bits per heavy atom. The Morgan fingerprint density at radius 3 is 2.21 bits per heavy atom. The number of hydrogen-bond acceptors (Lipinski definition) is 2. The molecule has 0 unspecified atom stereocenters. The zero-order valence-electron chi connectivity index (χ0n) is 17.3. The number of hydrogen-bond donors (Lipinski definition) is 1. The molecule has 1 amide bonds. The molecule has 1 N–H and O–H groups in total. The van der Waals surface area contributed by atoms with Gasteiger partial charge in [-0.1, -0.05) is 62.7 Å². The smallest absolute Gasteiger partial charge is 0.255 e. The molecular formula is C25H26ClNO2. The average molecular weight is 408 g/mol. The van der Waals surface area contributed by atoms with Crippen LogP contribution in [0.1, 0.15) is 47.8 Å². The second-order valence-corrected chi connectivity index (χ2v) is 8.60. The fourth-order valence-corrected chi connectivity index (χ4v) is 3.17. The van der Waals surface area contributed by atoms with Gasteiger partial charge in [-0.2, -0.15) is 0 Å². The first-order valence-electron chi connectivity index (χ1n) is 9.62. The summed E-state index contributed by atoms with van der Waals surface area (Å²) in [5.41, 5.74) is 4.61. The van der Waals surface area contributed by atoms with Crippen LogP contribution in [0, 0.1) is 6.92 Å². The third kappa shape index (κ3) is 5.61. The molecule has 3 aromatic carbocycles. The van der Waals surface area contributed by atoms with E-state index in [0.717, 1.165) is 16.9 Å². The van der Waals surface area contributed by atoms with Gasteiger partial charge in [0.05, 0.1) is 10.7 Å². The third-order valence-electron chi connectivity index (χ3n) is 4.71. The van der Waals surface area contributed by atoms with E-state index in [0.29, 0.717) is 22.9 Å². The maximum Gasteiger partial charge on any atom is 0.255 e. The number of benzene rings is 3. The van der Waals surface area contributed by atoms with E-state index in [1.807, 2.05) is 49.4 Å². The number of ether oxygens (including phenoxy) is 1. The Labute approximate surface area is 177 Å². The number of nitrogens with one attached hydrogen (secondary N) is 1. The summed E-state index contributed by atoms with van der Waals surface area (Å²) in [5, 5.41) is 3.37. The molecule has 0 aliphatic carbocycles. The van der Waals surface area contributed by atoms with Crippen LogP contribution >= 0.6 is 11.6 Å². The molecule has 0 radical (unpaired) electrons. The van der Waals surface area contributed by atoms with Crippen molar-refractivity contribution in [2.24, 2.45) is 0 Å². The third-order valence-corrected chi connectivity index (χ3v) is 5.03. The molecule has 0 bridgehead atoms. The van der Waals surface area contributed by atoms with Gasteiger partial charge in [0, 0.05) is 5.56 Å². The molecule has 0 atom stereocenters. The summed E-state index contributed by atoms with van der Waals surface area (Å²) in [6.07, 6.45) is 0. The van der Waals surface area contributed by atoms with Crippen molar-refractivity contribution in [3.8, 4) is 5.75 Å². The van der Waals surface area contributed by atoms with Crippen molar-refractivity contribution in [2.45, 2.75) is 39.7 Å². The number of rotatable bonds is 5. The lowest BCUT2D eigenvalue weighted by atomic mass is 9.87. The Bertz CT molecular complexity index is 987. The molecule has 3 aromatic rings. The molecule has 0 fully saturated rings. The number of amides is 1. The van der Waals surface area contributed by atoms with Crippen molar-refractivity contribution in [1.82, 2.24) is 0 Å². The van der Waals surface area contributed by atoms with E-state index in [-0.39, 0.29) is 11.3 Å². The predicted octanol–water partition coefficient (Wildman–Crippen LogP) is 6.78. The van der Waals surface area contributed by atoms with E-state index < -0.39 is 0 Å². The van der Waals surface area contributed by atoms with Crippen molar-refractivity contribution in [2.75, 3.05) is 5.32 Å². The van der Waals surface area contributed by atoms with E-state index in [1.54, 1.807) is 12.1 Å². The van der Waals surface area contributed by atoms with Gasteiger partial charge in [-0.3, -0.25) is 4.79 Å². The fraction of sp³-hybridized carbons (Fsp3) is 0.240. The van der Waals surface area contributed by atoms with Crippen LogP contribution in [0.4, 0.5) is 5.69 Å². The largest absolute Gasteiger partial charge is 0.489 e. The SMILES string of the molecule is Cc1ccc(NC(=O)c2ccc(COc3ccc(C(C)(C)C)cc3)cc2)c(Cl)c1. The second-order valence-electron chi connectivity index (χ2n) is 8.20. The standard InChI is InChI=1S/C25H26ClNO2/c1-17-5-14-23(22(26)15-17)27-24(28)19-8-6-18(7-9-19)16-29-21-12-10-20(11-13-21)25(2,3)4/h5-15H,16H2,1-4H3,(H,27,28). The maximum absolute atomic E-state index is 12.5. The van der Waals surface area contributed by atoms with Gasteiger partial charge >= 0.3 is 0 Å². The molecule has 4 heteroatoms. The van der Waals surface area contributed by atoms with Crippen molar-refractivity contribution in [3.05, 3.63) is 94.0 Å². The lowest BCUT2D eigenvalue weighted by Crippen LogP contribution is -2.12. The van der Waals surface area contributed by atoms with E-state index in [1.165, 1.54) is 5.56 Å². The normalized spacial score (nSPS) is 11.2. The van der Waals surface area contributed by atoms with Crippen LogP contribution in [0.25, 0.3) is 0 Å². The van der Waals surface area contributed by atoms with Crippen molar-refractivity contribution in [3.63, 3.8) is 0 Å². The van der Waals surface area contributed by atoms with Crippen LogP contribution < -0.4 is 10.1 Å². The first-order chi connectivity index (χ1) is 13.7. The topological polar surface area (TPSA) is 38.3 Å². The molecule has 3 rings (SSSR count). The summed E-state index contributed by atoms with van der Waals surface area (Å²) in [5.74, 6) is 0.634. The monoisotopic (exact) mass is 407 g/mol. The van der Waals surface area contributed by atoms with Gasteiger partial charge in [-0.15, -0.1) is 0 Å².